The van der Waals surface area contributed by atoms with Crippen molar-refractivity contribution >= 4 is 40.2 Å². The summed E-state index contributed by atoms with van der Waals surface area (Å²) in [5.41, 5.74) is 2.51. The number of benzene rings is 2. The molecular weight excluding hydrogens is 353 g/mol. The highest BCUT2D eigenvalue weighted by atomic mass is 35.5. The Bertz CT molecular complexity index is 1070. The minimum absolute atomic E-state index is 0.135. The molecule has 0 atom stereocenters. The van der Waals surface area contributed by atoms with Crippen molar-refractivity contribution in [2.24, 2.45) is 0 Å². The van der Waals surface area contributed by atoms with Crippen LogP contribution in [0.15, 0.2) is 54.1 Å². The highest BCUT2D eigenvalue weighted by Gasteiger charge is 2.12. The number of fused-ring (bicyclic) bond motifs is 1. The fraction of sp³-hybridized carbons (Fsp3) is 0.0500. The average molecular weight is 366 g/mol. The van der Waals surface area contributed by atoms with Crippen LogP contribution in [0.3, 0.4) is 0 Å². The first-order valence-corrected chi connectivity index (χ1v) is 8.09. The zero-order valence-corrected chi connectivity index (χ0v) is 14.5. The summed E-state index contributed by atoms with van der Waals surface area (Å²) in [6.07, 6.45) is 1.38. The molecule has 1 N–H and O–H groups in total. The maximum absolute atomic E-state index is 12.9. The van der Waals surface area contributed by atoms with Crippen LogP contribution in [0.4, 0.5) is 10.1 Å². The summed E-state index contributed by atoms with van der Waals surface area (Å²) in [7, 11) is 0. The van der Waals surface area contributed by atoms with Crippen molar-refractivity contribution in [3.63, 3.8) is 0 Å². The first-order valence-electron chi connectivity index (χ1n) is 7.72. The Morgan fingerprint density at radius 1 is 1.23 bits per heavy atom. The van der Waals surface area contributed by atoms with Gasteiger partial charge in [-0.2, -0.15) is 5.26 Å². The van der Waals surface area contributed by atoms with Gasteiger partial charge in [0.1, 0.15) is 22.6 Å². The summed E-state index contributed by atoms with van der Waals surface area (Å²) in [5.74, 6) is -1.03. The molecule has 2 aromatic carbocycles. The van der Waals surface area contributed by atoms with Gasteiger partial charge in [0.15, 0.2) is 0 Å². The third-order valence-electron chi connectivity index (χ3n) is 3.72. The third-order valence-corrected chi connectivity index (χ3v) is 4.02. The molecule has 4 nitrogen and oxygen atoms in total. The fourth-order valence-electron chi connectivity index (χ4n) is 2.41. The van der Waals surface area contributed by atoms with Crippen LogP contribution in [0.5, 0.6) is 0 Å². The molecule has 0 aliphatic heterocycles. The van der Waals surface area contributed by atoms with E-state index in [4.69, 9.17) is 11.6 Å². The van der Waals surface area contributed by atoms with Crippen molar-refractivity contribution in [3.8, 4) is 6.07 Å². The van der Waals surface area contributed by atoms with Crippen LogP contribution >= 0.6 is 11.6 Å². The molecule has 26 heavy (non-hydrogen) atoms. The van der Waals surface area contributed by atoms with Gasteiger partial charge in [-0.05, 0) is 55.0 Å². The summed E-state index contributed by atoms with van der Waals surface area (Å²) >= 11 is 6.20. The van der Waals surface area contributed by atoms with Crippen LogP contribution in [0, 0.1) is 24.1 Å². The smallest absolute Gasteiger partial charge is 0.266 e. The molecule has 3 rings (SSSR count). The van der Waals surface area contributed by atoms with Gasteiger partial charge in [0.2, 0.25) is 0 Å². The van der Waals surface area contributed by atoms with E-state index in [2.05, 4.69) is 10.3 Å². The Balaban J connectivity index is 1.93. The highest BCUT2D eigenvalue weighted by molar-refractivity contribution is 6.31. The zero-order valence-electron chi connectivity index (χ0n) is 13.8. The standard InChI is InChI=1S/C20H13ClFN3O/c1-12-2-3-13-9-14(19(21)25-18(13)8-12)10-15(11-23)20(26)24-17-6-4-16(22)5-7-17/h2-10H,1H3,(H,24,26)/b15-10+. The van der Waals surface area contributed by atoms with E-state index >= 15 is 0 Å². The largest absolute Gasteiger partial charge is 0.321 e. The van der Waals surface area contributed by atoms with Crippen LogP contribution in [0.25, 0.3) is 17.0 Å². The van der Waals surface area contributed by atoms with E-state index in [1.807, 2.05) is 31.2 Å². The van der Waals surface area contributed by atoms with Crippen molar-refractivity contribution in [1.82, 2.24) is 4.98 Å². The summed E-state index contributed by atoms with van der Waals surface area (Å²) in [6, 6.07) is 14.6. The number of hydrogen-bond acceptors (Lipinski definition) is 3. The van der Waals surface area contributed by atoms with E-state index < -0.39 is 11.7 Å². The van der Waals surface area contributed by atoms with Gasteiger partial charge in [0.25, 0.3) is 5.91 Å². The molecular formula is C20H13ClFN3O. The van der Waals surface area contributed by atoms with Crippen molar-refractivity contribution in [2.45, 2.75) is 6.92 Å². The first-order chi connectivity index (χ1) is 12.5. The monoisotopic (exact) mass is 365 g/mol. The van der Waals surface area contributed by atoms with Crippen LogP contribution in [0.2, 0.25) is 5.15 Å². The Kier molecular flexibility index (Phi) is 4.97. The van der Waals surface area contributed by atoms with Gasteiger partial charge in [0, 0.05) is 16.6 Å². The molecule has 0 aliphatic rings. The van der Waals surface area contributed by atoms with Gasteiger partial charge >= 0.3 is 0 Å². The molecule has 0 saturated heterocycles. The number of nitriles is 1. The molecule has 0 fully saturated rings. The number of carbonyl (C=O) groups excluding carboxylic acids is 1. The summed E-state index contributed by atoms with van der Waals surface area (Å²) in [5, 5.41) is 12.9. The Morgan fingerprint density at radius 3 is 2.65 bits per heavy atom. The van der Waals surface area contributed by atoms with Gasteiger partial charge in [0.05, 0.1) is 5.52 Å². The maximum atomic E-state index is 12.9. The predicted molar refractivity (Wildman–Crippen MR) is 100 cm³/mol. The fourth-order valence-corrected chi connectivity index (χ4v) is 2.61. The molecule has 0 aliphatic carbocycles. The van der Waals surface area contributed by atoms with E-state index in [-0.39, 0.29) is 10.7 Å². The van der Waals surface area contributed by atoms with Crippen LogP contribution in [0.1, 0.15) is 11.1 Å². The van der Waals surface area contributed by atoms with E-state index in [9.17, 15) is 14.4 Å². The lowest BCUT2D eigenvalue weighted by Crippen LogP contribution is -2.13. The van der Waals surface area contributed by atoms with Gasteiger partial charge in [-0.1, -0.05) is 23.7 Å². The van der Waals surface area contributed by atoms with Gasteiger partial charge in [-0.25, -0.2) is 9.37 Å². The summed E-state index contributed by atoms with van der Waals surface area (Å²) in [4.78, 5) is 16.6. The minimum Gasteiger partial charge on any atom is -0.321 e. The van der Waals surface area contributed by atoms with E-state index in [0.29, 0.717) is 11.3 Å². The van der Waals surface area contributed by atoms with E-state index in [1.165, 1.54) is 30.3 Å². The molecule has 6 heteroatoms. The molecule has 128 valence electrons. The Morgan fingerprint density at radius 2 is 1.96 bits per heavy atom. The number of aromatic nitrogens is 1. The molecule has 3 aromatic rings. The number of aryl methyl sites for hydroxylation is 1. The molecule has 0 spiro atoms. The molecule has 0 radical (unpaired) electrons. The second-order valence-electron chi connectivity index (χ2n) is 5.70. The van der Waals surface area contributed by atoms with Gasteiger partial charge < -0.3 is 5.32 Å². The number of carbonyl (C=O) groups is 1. The lowest BCUT2D eigenvalue weighted by molar-refractivity contribution is -0.112. The van der Waals surface area contributed by atoms with Crippen molar-refractivity contribution in [1.29, 1.82) is 5.26 Å². The van der Waals surface area contributed by atoms with Crippen LogP contribution < -0.4 is 5.32 Å². The van der Waals surface area contributed by atoms with Crippen molar-refractivity contribution < 1.29 is 9.18 Å². The Hall–Kier alpha value is -3.23. The second-order valence-corrected chi connectivity index (χ2v) is 6.05. The quantitative estimate of drug-likeness (QED) is 0.408. The van der Waals surface area contributed by atoms with Crippen molar-refractivity contribution in [2.75, 3.05) is 5.32 Å². The zero-order chi connectivity index (χ0) is 18.7. The number of pyridine rings is 1. The molecule has 0 bridgehead atoms. The average Bonchev–Trinajstić information content (AvgIpc) is 2.61. The number of halogens is 2. The van der Waals surface area contributed by atoms with E-state index in [0.717, 1.165) is 16.5 Å². The second kappa shape index (κ2) is 7.34. The third kappa shape index (κ3) is 3.88. The lowest BCUT2D eigenvalue weighted by Gasteiger charge is -2.06. The first kappa shape index (κ1) is 17.6. The number of anilines is 1. The number of hydrogen-bond donors (Lipinski definition) is 1. The van der Waals surface area contributed by atoms with Gasteiger partial charge in [-0.3, -0.25) is 4.79 Å². The molecule has 1 amide bonds. The predicted octanol–water partition coefficient (Wildman–Crippen LogP) is 4.88. The minimum atomic E-state index is -0.612. The molecule has 0 unspecified atom stereocenters. The number of rotatable bonds is 3. The Labute approximate surface area is 154 Å². The molecule has 1 heterocycles. The van der Waals surface area contributed by atoms with Crippen LogP contribution in [-0.4, -0.2) is 10.9 Å². The SMILES string of the molecule is Cc1ccc2cc(/C=C(\C#N)C(=O)Nc3ccc(F)cc3)c(Cl)nc2c1. The summed E-state index contributed by atoms with van der Waals surface area (Å²) in [6.45, 7) is 1.95. The summed E-state index contributed by atoms with van der Waals surface area (Å²) < 4.78 is 12.9. The van der Waals surface area contributed by atoms with E-state index in [1.54, 1.807) is 6.07 Å². The number of nitrogens with zero attached hydrogens (tertiary/aromatic N) is 2. The molecule has 1 aromatic heterocycles. The lowest BCUT2D eigenvalue weighted by atomic mass is 10.1. The highest BCUT2D eigenvalue weighted by Crippen LogP contribution is 2.24. The normalized spacial score (nSPS) is 11.2. The maximum Gasteiger partial charge on any atom is 0.266 e. The van der Waals surface area contributed by atoms with Gasteiger partial charge in [-0.15, -0.1) is 0 Å². The number of amides is 1. The number of nitrogens with one attached hydrogen (secondary N) is 1. The van der Waals surface area contributed by atoms with Crippen LogP contribution in [-0.2, 0) is 4.79 Å². The molecule has 0 saturated carbocycles. The topological polar surface area (TPSA) is 65.8 Å². The van der Waals surface area contributed by atoms with Crippen molar-refractivity contribution in [3.05, 3.63) is 76.2 Å².